The maximum absolute atomic E-state index is 11.7. The van der Waals surface area contributed by atoms with Crippen molar-refractivity contribution in [1.82, 2.24) is 19.4 Å². The Kier molecular flexibility index (Phi) is 3.53. The van der Waals surface area contributed by atoms with Crippen molar-refractivity contribution in [2.24, 2.45) is 0 Å². The third-order valence-electron chi connectivity index (χ3n) is 5.09. The van der Waals surface area contributed by atoms with E-state index in [0.29, 0.717) is 12.6 Å². The molecule has 0 saturated carbocycles. The summed E-state index contributed by atoms with van der Waals surface area (Å²) in [5.41, 5.74) is 1.89. The first kappa shape index (κ1) is 15.4. The van der Waals surface area contributed by atoms with Crippen LogP contribution in [0.25, 0.3) is 11.0 Å². The van der Waals surface area contributed by atoms with Crippen LogP contribution in [-0.4, -0.2) is 57.7 Å². The molecule has 3 heterocycles. The van der Waals surface area contributed by atoms with E-state index in [1.165, 1.54) is 5.52 Å². The highest BCUT2D eigenvalue weighted by molar-refractivity contribution is 5.76. The van der Waals surface area contributed by atoms with E-state index in [1.54, 1.807) is 11.9 Å². The highest BCUT2D eigenvalue weighted by Crippen LogP contribution is 2.33. The molecule has 6 nitrogen and oxygen atoms in total. The number of carbonyl (C=O) groups is 1. The number of fused-ring (bicyclic) bond motifs is 1. The van der Waals surface area contributed by atoms with Crippen LogP contribution in [0.15, 0.2) is 24.3 Å². The molecular formula is C18H24N4O2. The van der Waals surface area contributed by atoms with Crippen LogP contribution in [-0.2, 0) is 11.3 Å². The lowest BCUT2D eigenvalue weighted by Crippen LogP contribution is -2.37. The van der Waals surface area contributed by atoms with Crippen LogP contribution < -0.4 is 0 Å². The van der Waals surface area contributed by atoms with Gasteiger partial charge >= 0.3 is 6.09 Å². The summed E-state index contributed by atoms with van der Waals surface area (Å²) < 4.78 is 7.96. The second-order valence-electron chi connectivity index (χ2n) is 7.35. The van der Waals surface area contributed by atoms with E-state index in [4.69, 9.17) is 9.72 Å². The third-order valence-corrected chi connectivity index (χ3v) is 5.09. The van der Waals surface area contributed by atoms with Gasteiger partial charge in [0, 0.05) is 32.6 Å². The predicted molar refractivity (Wildman–Crippen MR) is 91.9 cm³/mol. The van der Waals surface area contributed by atoms with Gasteiger partial charge in [-0.15, -0.1) is 0 Å². The molecule has 24 heavy (non-hydrogen) atoms. The molecule has 1 amide bonds. The van der Waals surface area contributed by atoms with Crippen LogP contribution in [0, 0.1) is 0 Å². The van der Waals surface area contributed by atoms with E-state index in [1.807, 2.05) is 6.07 Å². The molecule has 0 unspecified atom stereocenters. The predicted octanol–water partition coefficient (Wildman–Crippen LogP) is 2.64. The van der Waals surface area contributed by atoms with E-state index in [-0.39, 0.29) is 11.7 Å². The second-order valence-corrected chi connectivity index (χ2v) is 7.35. The van der Waals surface area contributed by atoms with Crippen molar-refractivity contribution >= 4 is 17.1 Å². The summed E-state index contributed by atoms with van der Waals surface area (Å²) >= 11 is 0. The molecule has 1 spiro atoms. The van der Waals surface area contributed by atoms with Gasteiger partial charge in [-0.05, 0) is 26.0 Å². The van der Waals surface area contributed by atoms with Crippen molar-refractivity contribution in [2.45, 2.75) is 38.5 Å². The summed E-state index contributed by atoms with van der Waals surface area (Å²) in [5, 5.41) is 0. The lowest BCUT2D eigenvalue weighted by Gasteiger charge is -2.22. The zero-order valence-corrected chi connectivity index (χ0v) is 14.5. The summed E-state index contributed by atoms with van der Waals surface area (Å²) in [7, 11) is 1.80. The number of likely N-dealkylation sites (tertiary alicyclic amines) is 1. The number of hydrogen-bond acceptors (Lipinski definition) is 4. The fraction of sp³-hybridized carbons (Fsp3) is 0.556. The van der Waals surface area contributed by atoms with Crippen molar-refractivity contribution < 1.29 is 9.53 Å². The molecule has 2 fully saturated rings. The van der Waals surface area contributed by atoms with Crippen molar-refractivity contribution in [3.8, 4) is 0 Å². The first-order chi connectivity index (χ1) is 11.5. The fourth-order valence-electron chi connectivity index (χ4n) is 4.05. The zero-order chi connectivity index (χ0) is 16.9. The number of likely N-dealkylation sites (N-methyl/N-ethyl adjacent to an activating group) is 1. The molecule has 4 rings (SSSR count). The molecule has 0 bridgehead atoms. The minimum absolute atomic E-state index is 0.203. The van der Waals surface area contributed by atoms with Gasteiger partial charge in [-0.1, -0.05) is 12.1 Å². The second kappa shape index (κ2) is 5.48. The van der Waals surface area contributed by atoms with Crippen LogP contribution in [0.2, 0.25) is 0 Å². The molecule has 2 aliphatic rings. The van der Waals surface area contributed by atoms with Gasteiger partial charge in [0.15, 0.2) is 0 Å². The van der Waals surface area contributed by atoms with Crippen LogP contribution in [0.4, 0.5) is 4.79 Å². The average molecular weight is 328 g/mol. The van der Waals surface area contributed by atoms with Gasteiger partial charge in [0.05, 0.1) is 24.1 Å². The lowest BCUT2D eigenvalue weighted by molar-refractivity contribution is 0.0624. The average Bonchev–Trinajstić information content (AvgIpc) is 3.16. The summed E-state index contributed by atoms with van der Waals surface area (Å²) in [6.45, 7) is 7.57. The number of nitrogens with zero attached hydrogens (tertiary/aromatic N) is 4. The normalized spacial score (nSPS) is 24.7. The van der Waals surface area contributed by atoms with Gasteiger partial charge in [-0.3, -0.25) is 4.90 Å². The maximum Gasteiger partial charge on any atom is 0.410 e. The largest absolute Gasteiger partial charge is 0.439 e. The number of rotatable bonds is 3. The Morgan fingerprint density at radius 2 is 2.08 bits per heavy atom. The quantitative estimate of drug-likeness (QED) is 0.869. The van der Waals surface area contributed by atoms with E-state index in [0.717, 1.165) is 37.4 Å². The smallest absolute Gasteiger partial charge is 0.410 e. The third kappa shape index (κ3) is 2.45. The minimum Gasteiger partial charge on any atom is -0.439 e. The number of imidazole rings is 1. The lowest BCUT2D eigenvalue weighted by atomic mass is 10.0. The molecule has 0 radical (unpaired) electrons. The van der Waals surface area contributed by atoms with Gasteiger partial charge in [0.2, 0.25) is 0 Å². The summed E-state index contributed by atoms with van der Waals surface area (Å²) in [5.74, 6) is 1.08. The molecule has 0 aliphatic carbocycles. The number of carbonyl (C=O) groups excluding carboxylic acids is 1. The van der Waals surface area contributed by atoms with Gasteiger partial charge in [0.25, 0.3) is 0 Å². The Balaban J connectivity index is 1.57. The Bertz CT molecular complexity index is 784. The fourth-order valence-corrected chi connectivity index (χ4v) is 4.05. The topological polar surface area (TPSA) is 50.6 Å². The van der Waals surface area contributed by atoms with Crippen LogP contribution in [0.5, 0.6) is 0 Å². The molecular weight excluding hydrogens is 304 g/mol. The van der Waals surface area contributed by atoms with Crippen LogP contribution >= 0.6 is 0 Å². The van der Waals surface area contributed by atoms with E-state index in [9.17, 15) is 4.79 Å². The zero-order valence-electron chi connectivity index (χ0n) is 14.5. The number of ether oxygens (including phenoxy) is 1. The SMILES string of the molecule is CC(C)n1c(CN2CC[C@]3(C2)CN(C)C(=O)O3)nc2ccccc21. The number of para-hydroxylation sites is 2. The Morgan fingerprint density at radius 3 is 2.79 bits per heavy atom. The molecule has 1 aromatic heterocycles. The van der Waals surface area contributed by atoms with Crippen molar-refractivity contribution in [3.05, 3.63) is 30.1 Å². The number of hydrogen-bond donors (Lipinski definition) is 0. The minimum atomic E-state index is -0.333. The molecule has 0 N–H and O–H groups in total. The maximum atomic E-state index is 11.7. The van der Waals surface area contributed by atoms with E-state index >= 15 is 0 Å². The number of benzene rings is 1. The molecule has 128 valence electrons. The first-order valence-electron chi connectivity index (χ1n) is 8.60. The Morgan fingerprint density at radius 1 is 1.29 bits per heavy atom. The highest BCUT2D eigenvalue weighted by Gasteiger charge is 2.48. The van der Waals surface area contributed by atoms with Crippen LogP contribution in [0.1, 0.15) is 32.1 Å². The van der Waals surface area contributed by atoms with Gasteiger partial charge in [-0.25, -0.2) is 9.78 Å². The molecule has 2 saturated heterocycles. The van der Waals surface area contributed by atoms with Gasteiger partial charge in [0.1, 0.15) is 11.4 Å². The van der Waals surface area contributed by atoms with Gasteiger partial charge < -0.3 is 14.2 Å². The highest BCUT2D eigenvalue weighted by atomic mass is 16.6. The van der Waals surface area contributed by atoms with E-state index in [2.05, 4.69) is 41.5 Å². The monoisotopic (exact) mass is 328 g/mol. The molecule has 6 heteroatoms. The van der Waals surface area contributed by atoms with Crippen LogP contribution in [0.3, 0.4) is 0 Å². The first-order valence-corrected chi connectivity index (χ1v) is 8.60. The van der Waals surface area contributed by atoms with Crippen molar-refractivity contribution in [1.29, 1.82) is 0 Å². The Hall–Kier alpha value is -2.08. The Labute approximate surface area is 142 Å². The standard InChI is InChI=1S/C18H24N4O2/c1-13(2)22-15-7-5-4-6-14(15)19-16(22)10-21-9-8-18(12-21)11-20(3)17(23)24-18/h4-7,13H,8-12H2,1-3H3/t18-/m1/s1. The molecule has 1 atom stereocenters. The van der Waals surface area contributed by atoms with Crippen molar-refractivity contribution in [3.63, 3.8) is 0 Å². The number of aromatic nitrogens is 2. The van der Waals surface area contributed by atoms with E-state index < -0.39 is 0 Å². The summed E-state index contributed by atoms with van der Waals surface area (Å²) in [6, 6.07) is 8.65. The van der Waals surface area contributed by atoms with Crippen molar-refractivity contribution in [2.75, 3.05) is 26.7 Å². The molecule has 2 aliphatic heterocycles. The van der Waals surface area contributed by atoms with Gasteiger partial charge in [-0.2, -0.15) is 0 Å². The molecule has 1 aromatic carbocycles. The molecule has 2 aromatic rings. The summed E-state index contributed by atoms with van der Waals surface area (Å²) in [4.78, 5) is 20.6. The number of amides is 1. The summed E-state index contributed by atoms with van der Waals surface area (Å²) in [6.07, 6.45) is 0.691.